The molecule has 4 nitrogen and oxygen atoms in total. The molecule has 1 aromatic carbocycles. The summed E-state index contributed by atoms with van der Waals surface area (Å²) in [5.41, 5.74) is -0.216. The van der Waals surface area contributed by atoms with E-state index in [1.807, 2.05) is 0 Å². The number of hydrogen-bond acceptors (Lipinski definition) is 4. The van der Waals surface area contributed by atoms with Crippen LogP contribution in [0.5, 0.6) is 0 Å². The Labute approximate surface area is 98.0 Å². The van der Waals surface area contributed by atoms with Crippen LogP contribution in [0.15, 0.2) is 24.3 Å². The molecule has 0 aliphatic rings. The molecule has 92 valence electrons. The highest BCUT2D eigenvalue weighted by atomic mass is 32.2. The van der Waals surface area contributed by atoms with Crippen LogP contribution in [0.1, 0.15) is 10.4 Å². The minimum Gasteiger partial charge on any atom is -0.282 e. The van der Waals surface area contributed by atoms with Crippen molar-refractivity contribution in [2.75, 3.05) is 5.75 Å². The van der Waals surface area contributed by atoms with Gasteiger partial charge in [0, 0.05) is 17.7 Å². The summed E-state index contributed by atoms with van der Waals surface area (Å²) in [6, 6.07) is 4.40. The Balaban J connectivity index is 2.67. The van der Waals surface area contributed by atoms with Crippen LogP contribution in [-0.2, 0) is 0 Å². The molecule has 0 N–H and O–H groups in total. The van der Waals surface area contributed by atoms with Gasteiger partial charge in [0.2, 0.25) is 5.12 Å². The van der Waals surface area contributed by atoms with Crippen LogP contribution in [0, 0.1) is 10.1 Å². The van der Waals surface area contributed by atoms with E-state index < -0.39 is 22.0 Å². The summed E-state index contributed by atoms with van der Waals surface area (Å²) in [5.74, 6) is -1.27. The second-order valence-corrected chi connectivity index (χ2v) is 3.94. The van der Waals surface area contributed by atoms with E-state index in [2.05, 4.69) is 0 Å². The smallest absolute Gasteiger partial charge is 0.282 e. The Hall–Kier alpha value is -1.57. The van der Waals surface area contributed by atoms with Crippen LogP contribution in [0.3, 0.4) is 0 Å². The highest BCUT2D eigenvalue weighted by Crippen LogP contribution is 2.24. The van der Waals surface area contributed by atoms with E-state index in [0.29, 0.717) is 0 Å². The van der Waals surface area contributed by atoms with Crippen LogP contribution in [-0.4, -0.2) is 22.0 Å². The molecule has 0 aromatic heterocycles. The molecule has 0 amide bonds. The van der Waals surface area contributed by atoms with Crippen LogP contribution < -0.4 is 0 Å². The number of carbonyl (C=O) groups excluding carboxylic acids is 1. The van der Waals surface area contributed by atoms with Crippen molar-refractivity contribution in [2.45, 2.75) is 6.18 Å². The number of rotatable bonds is 3. The Morgan fingerprint density at radius 3 is 2.24 bits per heavy atom. The summed E-state index contributed by atoms with van der Waals surface area (Å²) < 4.78 is 35.5. The lowest BCUT2D eigenvalue weighted by molar-refractivity contribution is -0.384. The predicted molar refractivity (Wildman–Crippen MR) is 55.9 cm³/mol. The third kappa shape index (κ3) is 4.43. The summed E-state index contributed by atoms with van der Waals surface area (Å²) in [5, 5.41) is 9.54. The zero-order valence-electron chi connectivity index (χ0n) is 8.23. The molecule has 0 spiro atoms. The van der Waals surface area contributed by atoms with E-state index in [4.69, 9.17) is 0 Å². The van der Waals surface area contributed by atoms with Gasteiger partial charge in [0.1, 0.15) is 0 Å². The van der Waals surface area contributed by atoms with Crippen LogP contribution in [0.25, 0.3) is 0 Å². The molecule has 0 bridgehead atoms. The number of hydrogen-bond donors (Lipinski definition) is 0. The predicted octanol–water partition coefficient (Wildman–Crippen LogP) is 3.03. The molecule has 1 rings (SSSR count). The number of nitrogens with zero attached hydrogens (tertiary/aromatic N) is 1. The van der Waals surface area contributed by atoms with E-state index in [0.717, 1.165) is 24.3 Å². The lowest BCUT2D eigenvalue weighted by atomic mass is 10.2. The van der Waals surface area contributed by atoms with E-state index in [9.17, 15) is 28.1 Å². The summed E-state index contributed by atoms with van der Waals surface area (Å²) in [6.45, 7) is 0. The summed E-state index contributed by atoms with van der Waals surface area (Å²) >= 11 is 0.117. The molecule has 0 heterocycles. The lowest BCUT2D eigenvalue weighted by Crippen LogP contribution is -2.12. The average Bonchev–Trinajstić information content (AvgIpc) is 2.25. The van der Waals surface area contributed by atoms with E-state index in [1.54, 1.807) is 0 Å². The molecule has 8 heteroatoms. The van der Waals surface area contributed by atoms with Crippen molar-refractivity contribution in [1.82, 2.24) is 0 Å². The number of carbonyl (C=O) groups is 1. The highest BCUT2D eigenvalue weighted by Gasteiger charge is 2.28. The molecule has 0 saturated carbocycles. The number of thioether (sulfide) groups is 1. The fourth-order valence-corrected chi connectivity index (χ4v) is 1.55. The van der Waals surface area contributed by atoms with E-state index in [1.165, 1.54) is 0 Å². The number of benzene rings is 1. The second kappa shape index (κ2) is 5.17. The monoisotopic (exact) mass is 265 g/mol. The molecule has 0 atom stereocenters. The largest absolute Gasteiger partial charge is 0.398 e. The standard InChI is InChI=1S/C9H6F3NO3S/c10-9(11,12)5-17-8(14)6-1-3-7(4-2-6)13(15)16/h1-4H,5H2. The zero-order valence-corrected chi connectivity index (χ0v) is 9.05. The molecule has 0 aliphatic heterocycles. The van der Waals surface area contributed by atoms with E-state index in [-0.39, 0.29) is 23.0 Å². The molecular formula is C9H6F3NO3S. The van der Waals surface area contributed by atoms with Crippen LogP contribution >= 0.6 is 11.8 Å². The molecule has 0 aliphatic carbocycles. The third-order valence-electron chi connectivity index (χ3n) is 1.68. The zero-order chi connectivity index (χ0) is 13.1. The van der Waals surface area contributed by atoms with Crippen molar-refractivity contribution in [3.05, 3.63) is 39.9 Å². The topological polar surface area (TPSA) is 60.2 Å². The third-order valence-corrected chi connectivity index (χ3v) is 2.65. The van der Waals surface area contributed by atoms with Gasteiger partial charge in [0.25, 0.3) is 5.69 Å². The van der Waals surface area contributed by atoms with Crippen molar-refractivity contribution in [2.24, 2.45) is 0 Å². The fourth-order valence-electron chi connectivity index (χ4n) is 0.950. The minimum absolute atomic E-state index is 0.00449. The van der Waals surface area contributed by atoms with Crippen molar-refractivity contribution >= 4 is 22.6 Å². The molecule has 1 aromatic rings. The molecule has 0 fully saturated rings. The maximum Gasteiger partial charge on any atom is 0.398 e. The van der Waals surface area contributed by atoms with Crippen molar-refractivity contribution < 1.29 is 22.9 Å². The number of nitro benzene ring substituents is 1. The van der Waals surface area contributed by atoms with E-state index >= 15 is 0 Å². The molecule has 17 heavy (non-hydrogen) atoms. The summed E-state index contributed by atoms with van der Waals surface area (Å²) in [4.78, 5) is 20.9. The van der Waals surface area contributed by atoms with Gasteiger partial charge in [0.15, 0.2) is 0 Å². The maximum absolute atomic E-state index is 11.8. The minimum atomic E-state index is -4.42. The molecule has 0 unspecified atom stereocenters. The SMILES string of the molecule is O=C(SCC(F)(F)F)c1ccc([N+](=O)[O-])cc1. The lowest BCUT2D eigenvalue weighted by Gasteiger charge is -2.04. The first-order valence-electron chi connectivity index (χ1n) is 4.28. The van der Waals surface area contributed by atoms with Gasteiger partial charge in [-0.1, -0.05) is 11.8 Å². The summed E-state index contributed by atoms with van der Waals surface area (Å²) in [7, 11) is 0. The van der Waals surface area contributed by atoms with Crippen LogP contribution in [0.4, 0.5) is 18.9 Å². The first-order valence-corrected chi connectivity index (χ1v) is 5.26. The van der Waals surface area contributed by atoms with Crippen LogP contribution in [0.2, 0.25) is 0 Å². The Morgan fingerprint density at radius 1 is 1.29 bits per heavy atom. The molecular weight excluding hydrogens is 259 g/mol. The Bertz CT molecular complexity index is 430. The molecule has 0 saturated heterocycles. The number of alkyl halides is 3. The van der Waals surface area contributed by atoms with Gasteiger partial charge in [-0.15, -0.1) is 0 Å². The maximum atomic E-state index is 11.8. The number of nitro groups is 1. The average molecular weight is 265 g/mol. The number of non-ortho nitro benzene ring substituents is 1. The van der Waals surface area contributed by atoms with Gasteiger partial charge in [-0.3, -0.25) is 14.9 Å². The first-order chi connectivity index (χ1) is 7.79. The quantitative estimate of drug-likeness (QED) is 0.622. The number of halogens is 3. The first kappa shape index (κ1) is 13.5. The normalized spacial score (nSPS) is 11.2. The molecule has 0 radical (unpaired) electrons. The summed E-state index contributed by atoms with van der Waals surface area (Å²) in [6.07, 6.45) is -4.42. The van der Waals surface area contributed by atoms with Gasteiger partial charge in [-0.2, -0.15) is 13.2 Å². The van der Waals surface area contributed by atoms with Crippen molar-refractivity contribution in [3.8, 4) is 0 Å². The second-order valence-electron chi connectivity index (χ2n) is 3.00. The Kier molecular flexibility index (Phi) is 4.11. The highest BCUT2D eigenvalue weighted by molar-refractivity contribution is 8.14. The van der Waals surface area contributed by atoms with Gasteiger partial charge >= 0.3 is 6.18 Å². The van der Waals surface area contributed by atoms with Gasteiger partial charge in [-0.05, 0) is 12.1 Å². The Morgan fingerprint density at radius 2 is 1.82 bits per heavy atom. The van der Waals surface area contributed by atoms with Crippen molar-refractivity contribution in [1.29, 1.82) is 0 Å². The van der Waals surface area contributed by atoms with Gasteiger partial charge < -0.3 is 0 Å². The fraction of sp³-hybridized carbons (Fsp3) is 0.222. The van der Waals surface area contributed by atoms with Gasteiger partial charge in [0.05, 0.1) is 10.7 Å². The van der Waals surface area contributed by atoms with Gasteiger partial charge in [-0.25, -0.2) is 0 Å². The van der Waals surface area contributed by atoms with Crippen molar-refractivity contribution in [3.63, 3.8) is 0 Å².